The molecule has 2 aliphatic heterocycles. The van der Waals surface area contributed by atoms with E-state index in [0.29, 0.717) is 10.8 Å². The molecule has 0 radical (unpaired) electrons. The van der Waals surface area contributed by atoms with Crippen molar-refractivity contribution in [2.75, 3.05) is 0 Å². The summed E-state index contributed by atoms with van der Waals surface area (Å²) < 4.78 is 0.900. The highest BCUT2D eigenvalue weighted by atomic mass is 79.9. The van der Waals surface area contributed by atoms with Gasteiger partial charge in [-0.3, -0.25) is 4.98 Å². The van der Waals surface area contributed by atoms with E-state index < -0.39 is 0 Å². The van der Waals surface area contributed by atoms with Crippen molar-refractivity contribution in [1.29, 1.82) is 0 Å². The molecule has 0 amide bonds. The molecule has 0 saturated heterocycles. The smallest absolute Gasteiger partial charge is 0.158 e. The molecule has 0 unspecified atom stereocenters. The van der Waals surface area contributed by atoms with Crippen molar-refractivity contribution in [3.05, 3.63) is 22.1 Å². The van der Waals surface area contributed by atoms with Crippen LogP contribution in [0.25, 0.3) is 11.4 Å². The predicted octanol–water partition coefficient (Wildman–Crippen LogP) is 2.33. The summed E-state index contributed by atoms with van der Waals surface area (Å²) in [5.41, 5.74) is 1.58. The summed E-state index contributed by atoms with van der Waals surface area (Å²) in [4.78, 5) is 10.8. The van der Waals surface area contributed by atoms with E-state index >= 15 is 0 Å². The van der Waals surface area contributed by atoms with Crippen molar-refractivity contribution in [3.63, 3.8) is 0 Å². The van der Waals surface area contributed by atoms with Crippen LogP contribution in [0.15, 0.2) is 17.0 Å². The van der Waals surface area contributed by atoms with Gasteiger partial charge in [-0.2, -0.15) is 0 Å². The van der Waals surface area contributed by atoms with Crippen molar-refractivity contribution in [2.24, 2.45) is 0 Å². The van der Waals surface area contributed by atoms with Crippen LogP contribution in [-0.4, -0.2) is 15.0 Å². The first-order valence-electron chi connectivity index (χ1n) is 2.92. The highest BCUT2D eigenvalue weighted by Crippen LogP contribution is 2.30. The van der Waals surface area contributed by atoms with Gasteiger partial charge in [0.15, 0.2) is 5.15 Å². The highest BCUT2D eigenvalue weighted by molar-refractivity contribution is 9.10. The van der Waals surface area contributed by atoms with Gasteiger partial charge in [-0.05, 0) is 15.9 Å². The van der Waals surface area contributed by atoms with Crippen molar-refractivity contribution < 1.29 is 0 Å². The Labute approximate surface area is 76.3 Å². The van der Waals surface area contributed by atoms with Crippen LogP contribution < -0.4 is 0 Å². The Morgan fingerprint density at radius 2 is 2.27 bits per heavy atom. The van der Waals surface area contributed by atoms with E-state index in [4.69, 9.17) is 11.6 Å². The summed E-state index contributed by atoms with van der Waals surface area (Å²) in [6.45, 7) is 0. The first kappa shape index (κ1) is 7.06. The Balaban J connectivity index is 2.79. The maximum Gasteiger partial charge on any atom is 0.158 e. The van der Waals surface area contributed by atoms with Gasteiger partial charge in [0.25, 0.3) is 0 Å². The molecule has 11 heavy (non-hydrogen) atoms. The van der Waals surface area contributed by atoms with Crippen LogP contribution in [0.2, 0.25) is 5.15 Å². The summed E-state index contributed by atoms with van der Waals surface area (Å²) in [7, 11) is 0. The van der Waals surface area contributed by atoms with Gasteiger partial charge in [0.05, 0.1) is 16.5 Å². The van der Waals surface area contributed by atoms with Crippen LogP contribution in [0.4, 0.5) is 0 Å². The monoisotopic (exact) mass is 231 g/mol. The first-order chi connectivity index (χ1) is 5.29. The zero-order chi connectivity index (χ0) is 7.84. The first-order valence-corrected chi connectivity index (χ1v) is 4.09. The minimum atomic E-state index is 0.421. The van der Waals surface area contributed by atoms with Crippen LogP contribution in [0.3, 0.4) is 0 Å². The Morgan fingerprint density at radius 1 is 1.45 bits per heavy atom. The van der Waals surface area contributed by atoms with Crippen molar-refractivity contribution in [2.45, 2.75) is 0 Å². The Morgan fingerprint density at radius 3 is 3.00 bits per heavy atom. The molecular formula is C6H3BrClN3. The van der Waals surface area contributed by atoms with Crippen LogP contribution >= 0.6 is 27.5 Å². The van der Waals surface area contributed by atoms with Crippen LogP contribution in [-0.2, 0) is 0 Å². The Kier molecular flexibility index (Phi) is 1.58. The fraction of sp³-hybridized carbons (Fsp3) is 0. The molecule has 0 spiro atoms. The normalized spacial score (nSPS) is 10.7. The number of fused-ring (bicyclic) bond motifs is 1. The molecule has 0 saturated carbocycles. The average molecular weight is 232 g/mol. The average Bonchev–Trinajstić information content (AvgIpc) is 2.35. The SMILES string of the molecule is Clc1nc[nH]c2c(Br)cnc1-2. The molecule has 0 fully saturated rings. The summed E-state index contributed by atoms with van der Waals surface area (Å²) in [5.74, 6) is 0. The molecule has 0 aromatic heterocycles. The Bertz CT molecular complexity index is 359. The number of H-pyrrole nitrogens is 1. The molecule has 1 N–H and O–H groups in total. The summed E-state index contributed by atoms with van der Waals surface area (Å²) in [5, 5.41) is 0.421. The van der Waals surface area contributed by atoms with Crippen LogP contribution in [0, 0.1) is 0 Å². The third-order valence-electron chi connectivity index (χ3n) is 1.36. The van der Waals surface area contributed by atoms with Crippen LogP contribution in [0.5, 0.6) is 0 Å². The van der Waals surface area contributed by atoms with Gasteiger partial charge < -0.3 is 4.98 Å². The van der Waals surface area contributed by atoms with Crippen molar-refractivity contribution >= 4 is 27.5 Å². The second-order valence-corrected chi connectivity index (χ2v) is 3.24. The quantitative estimate of drug-likeness (QED) is 0.708. The molecule has 5 heteroatoms. The molecule has 2 aliphatic rings. The van der Waals surface area contributed by atoms with E-state index in [1.165, 1.54) is 6.33 Å². The molecule has 0 bridgehead atoms. The number of hydrogen-bond donors (Lipinski definition) is 1. The summed E-state index contributed by atoms with van der Waals surface area (Å²) in [6, 6.07) is 0. The minimum absolute atomic E-state index is 0.421. The maximum absolute atomic E-state index is 5.76. The van der Waals surface area contributed by atoms with Gasteiger partial charge in [-0.15, -0.1) is 0 Å². The van der Waals surface area contributed by atoms with Gasteiger partial charge in [0.1, 0.15) is 5.69 Å². The summed E-state index contributed by atoms with van der Waals surface area (Å²) >= 11 is 9.08. The molecule has 0 aliphatic carbocycles. The number of rotatable bonds is 0. The predicted molar refractivity (Wildman–Crippen MR) is 45.7 cm³/mol. The topological polar surface area (TPSA) is 41.6 Å². The highest BCUT2D eigenvalue weighted by Gasteiger charge is 2.12. The van der Waals surface area contributed by atoms with Crippen molar-refractivity contribution in [1.82, 2.24) is 15.0 Å². The molecule has 3 nitrogen and oxygen atoms in total. The number of nitrogens with zero attached hydrogens (tertiary/aromatic N) is 2. The van der Waals surface area contributed by atoms with Gasteiger partial charge in [-0.1, -0.05) is 11.6 Å². The zero-order valence-corrected chi connectivity index (χ0v) is 7.65. The van der Waals surface area contributed by atoms with Gasteiger partial charge >= 0.3 is 0 Å². The van der Waals surface area contributed by atoms with E-state index in [2.05, 4.69) is 30.9 Å². The lowest BCUT2D eigenvalue weighted by Crippen LogP contribution is -1.86. The molecule has 0 atom stereocenters. The lowest BCUT2D eigenvalue weighted by Gasteiger charge is -1.97. The van der Waals surface area contributed by atoms with Crippen molar-refractivity contribution in [3.8, 4) is 11.4 Å². The third kappa shape index (κ3) is 1.02. The number of halogens is 2. The van der Waals surface area contributed by atoms with E-state index in [-0.39, 0.29) is 0 Å². The molecule has 2 heterocycles. The van der Waals surface area contributed by atoms with E-state index in [0.717, 1.165) is 10.2 Å². The lowest BCUT2D eigenvalue weighted by molar-refractivity contribution is 1.15. The Hall–Kier alpha value is -0.610. The largest absolute Gasteiger partial charge is 0.343 e. The minimum Gasteiger partial charge on any atom is -0.343 e. The molecular weight excluding hydrogens is 229 g/mol. The maximum atomic E-state index is 5.76. The summed E-state index contributed by atoms with van der Waals surface area (Å²) in [6.07, 6.45) is 3.23. The molecule has 0 aromatic carbocycles. The number of aromatic nitrogens is 3. The van der Waals surface area contributed by atoms with Gasteiger partial charge in [0, 0.05) is 6.20 Å². The fourth-order valence-corrected chi connectivity index (χ4v) is 1.47. The molecule has 0 aromatic rings. The van der Waals surface area contributed by atoms with E-state index in [1.807, 2.05) is 0 Å². The number of aromatic amines is 1. The number of hydrogen-bond acceptors (Lipinski definition) is 2. The van der Waals surface area contributed by atoms with E-state index in [9.17, 15) is 0 Å². The zero-order valence-electron chi connectivity index (χ0n) is 5.31. The van der Waals surface area contributed by atoms with Gasteiger partial charge in [0.2, 0.25) is 0 Å². The standard InChI is InChI=1S/C6H3BrClN3/c7-3-1-9-5-4(3)10-2-11-6(5)8/h1-2H,(H,10,11). The lowest BCUT2D eigenvalue weighted by atomic mass is 10.3. The van der Waals surface area contributed by atoms with Gasteiger partial charge in [-0.25, -0.2) is 4.98 Å². The van der Waals surface area contributed by atoms with E-state index in [1.54, 1.807) is 6.20 Å². The second kappa shape index (κ2) is 2.46. The molecule has 2 rings (SSSR count). The second-order valence-electron chi connectivity index (χ2n) is 2.02. The fourth-order valence-electron chi connectivity index (χ4n) is 0.872. The number of nitrogens with one attached hydrogen (secondary N) is 1. The third-order valence-corrected chi connectivity index (χ3v) is 2.24. The van der Waals surface area contributed by atoms with Crippen LogP contribution in [0.1, 0.15) is 0 Å². The molecule has 56 valence electrons.